The molecule has 2 aromatic rings. The van der Waals surface area contributed by atoms with Crippen LogP contribution in [0, 0.1) is 0 Å². The molecule has 0 unspecified atom stereocenters. The van der Waals surface area contributed by atoms with Gasteiger partial charge in [0.2, 0.25) is 5.91 Å². The van der Waals surface area contributed by atoms with E-state index in [1.54, 1.807) is 36.0 Å². The van der Waals surface area contributed by atoms with Gasteiger partial charge in [-0.25, -0.2) is 0 Å². The molecule has 0 aliphatic heterocycles. The molecule has 0 aliphatic rings. The fourth-order valence-corrected chi connectivity index (χ4v) is 3.02. The van der Waals surface area contributed by atoms with Crippen molar-refractivity contribution in [3.8, 4) is 0 Å². The summed E-state index contributed by atoms with van der Waals surface area (Å²) in [5, 5.41) is 2.36. The molecule has 5 nitrogen and oxygen atoms in total. The quantitative estimate of drug-likeness (QED) is 0.642. The Labute approximate surface area is 135 Å². The highest BCUT2D eigenvalue weighted by atomic mass is 79.9. The summed E-state index contributed by atoms with van der Waals surface area (Å²) in [7, 11) is 1.75. The van der Waals surface area contributed by atoms with Crippen LogP contribution in [-0.4, -0.2) is 22.1 Å². The van der Waals surface area contributed by atoms with Crippen molar-refractivity contribution in [2.24, 2.45) is 7.05 Å². The van der Waals surface area contributed by atoms with Gasteiger partial charge in [0.15, 0.2) is 0 Å². The number of imide groups is 1. The van der Waals surface area contributed by atoms with Crippen LogP contribution in [0.15, 0.2) is 45.9 Å². The minimum Gasteiger partial charge on any atom is -0.398 e. The first-order chi connectivity index (χ1) is 9.97. The number of thioether (sulfide) groups is 1. The van der Waals surface area contributed by atoms with Crippen molar-refractivity contribution < 1.29 is 9.59 Å². The Morgan fingerprint density at radius 2 is 2.14 bits per heavy atom. The lowest BCUT2D eigenvalue weighted by molar-refractivity contribution is -0.117. The number of nitrogens with zero attached hydrogens (tertiary/aromatic N) is 1. The van der Waals surface area contributed by atoms with Gasteiger partial charge >= 0.3 is 0 Å². The molecule has 0 atom stereocenters. The molecule has 2 amide bonds. The first kappa shape index (κ1) is 15.7. The van der Waals surface area contributed by atoms with E-state index in [0.29, 0.717) is 11.4 Å². The number of rotatable bonds is 4. The maximum Gasteiger partial charge on any atom is 0.274 e. The number of hydrogen-bond donors (Lipinski definition) is 2. The van der Waals surface area contributed by atoms with E-state index in [0.717, 1.165) is 9.37 Å². The van der Waals surface area contributed by atoms with Crippen molar-refractivity contribution in [1.82, 2.24) is 9.88 Å². The molecule has 0 saturated heterocycles. The molecule has 7 heteroatoms. The number of nitrogen functional groups attached to an aromatic ring is 1. The monoisotopic (exact) mass is 367 g/mol. The van der Waals surface area contributed by atoms with Crippen molar-refractivity contribution >= 4 is 45.2 Å². The molecule has 0 aliphatic carbocycles. The maximum atomic E-state index is 11.9. The Morgan fingerprint density at radius 1 is 1.38 bits per heavy atom. The summed E-state index contributed by atoms with van der Waals surface area (Å²) in [6, 6.07) is 8.84. The average Bonchev–Trinajstić information content (AvgIpc) is 2.86. The van der Waals surface area contributed by atoms with Crippen LogP contribution in [-0.2, 0) is 11.8 Å². The summed E-state index contributed by atoms with van der Waals surface area (Å²) >= 11 is 4.64. The molecule has 0 bridgehead atoms. The Bertz CT molecular complexity index is 685. The standard InChI is InChI=1S/C14H14BrN3O2S/c1-18-6-2-3-11(18)14(20)17-13(19)8-21-12-7-9(15)4-5-10(12)16/h2-7H,8,16H2,1H3,(H,17,19,20). The number of anilines is 1. The molecule has 0 spiro atoms. The summed E-state index contributed by atoms with van der Waals surface area (Å²) < 4.78 is 2.54. The van der Waals surface area contributed by atoms with Crippen LogP contribution < -0.4 is 11.1 Å². The fourth-order valence-electron chi connectivity index (χ4n) is 1.70. The highest BCUT2D eigenvalue weighted by molar-refractivity contribution is 9.10. The normalized spacial score (nSPS) is 10.4. The Kier molecular flexibility index (Phi) is 5.08. The van der Waals surface area contributed by atoms with Crippen molar-refractivity contribution in [1.29, 1.82) is 0 Å². The third-order valence-corrected chi connectivity index (χ3v) is 4.33. The minimum atomic E-state index is -0.407. The van der Waals surface area contributed by atoms with Gasteiger partial charge in [-0.15, -0.1) is 11.8 Å². The van der Waals surface area contributed by atoms with E-state index in [9.17, 15) is 9.59 Å². The molecule has 2 rings (SSSR count). The molecular weight excluding hydrogens is 354 g/mol. The van der Waals surface area contributed by atoms with Gasteiger partial charge in [0, 0.05) is 28.3 Å². The van der Waals surface area contributed by atoms with Crippen LogP contribution in [0.4, 0.5) is 5.69 Å². The summed E-state index contributed by atoms with van der Waals surface area (Å²) in [5.74, 6) is -0.641. The number of carbonyl (C=O) groups is 2. The van der Waals surface area contributed by atoms with E-state index < -0.39 is 5.91 Å². The topological polar surface area (TPSA) is 77.1 Å². The summed E-state index contributed by atoms with van der Waals surface area (Å²) in [5.41, 5.74) is 6.87. The number of benzene rings is 1. The zero-order valence-corrected chi connectivity index (χ0v) is 13.7. The molecule has 0 fully saturated rings. The van der Waals surface area contributed by atoms with Crippen molar-refractivity contribution in [2.75, 3.05) is 11.5 Å². The van der Waals surface area contributed by atoms with Gasteiger partial charge < -0.3 is 10.3 Å². The van der Waals surface area contributed by atoms with E-state index >= 15 is 0 Å². The first-order valence-electron chi connectivity index (χ1n) is 6.10. The number of hydrogen-bond acceptors (Lipinski definition) is 4. The molecule has 0 radical (unpaired) electrons. The highest BCUT2D eigenvalue weighted by Gasteiger charge is 2.13. The number of nitrogens with two attached hydrogens (primary N) is 1. The summed E-state index contributed by atoms with van der Waals surface area (Å²) in [6.45, 7) is 0. The van der Waals surface area contributed by atoms with Gasteiger partial charge in [-0.05, 0) is 30.3 Å². The molecule has 0 saturated carbocycles. The number of halogens is 1. The predicted molar refractivity (Wildman–Crippen MR) is 87.2 cm³/mol. The van der Waals surface area contributed by atoms with Crippen molar-refractivity contribution in [3.63, 3.8) is 0 Å². The van der Waals surface area contributed by atoms with Crippen LogP contribution in [0.1, 0.15) is 10.5 Å². The third kappa shape index (κ3) is 4.12. The number of nitrogens with one attached hydrogen (secondary N) is 1. The number of aromatic nitrogens is 1. The van der Waals surface area contributed by atoms with Crippen LogP contribution in [0.2, 0.25) is 0 Å². The van der Waals surface area contributed by atoms with E-state index in [-0.39, 0.29) is 11.7 Å². The highest BCUT2D eigenvalue weighted by Crippen LogP contribution is 2.27. The van der Waals surface area contributed by atoms with Gasteiger partial charge in [0.1, 0.15) is 5.69 Å². The lowest BCUT2D eigenvalue weighted by Crippen LogP contribution is -2.32. The van der Waals surface area contributed by atoms with Crippen molar-refractivity contribution in [3.05, 3.63) is 46.7 Å². The van der Waals surface area contributed by atoms with Gasteiger partial charge in [-0.2, -0.15) is 0 Å². The first-order valence-corrected chi connectivity index (χ1v) is 7.88. The minimum absolute atomic E-state index is 0.122. The van der Waals surface area contributed by atoms with Gasteiger partial charge in [-0.3, -0.25) is 14.9 Å². The Hall–Kier alpha value is -1.73. The van der Waals surface area contributed by atoms with Gasteiger partial charge in [0.25, 0.3) is 5.91 Å². The molecule has 110 valence electrons. The van der Waals surface area contributed by atoms with Gasteiger partial charge in [0.05, 0.1) is 5.75 Å². The summed E-state index contributed by atoms with van der Waals surface area (Å²) in [4.78, 5) is 24.5. The second kappa shape index (κ2) is 6.82. The smallest absolute Gasteiger partial charge is 0.274 e. The van der Waals surface area contributed by atoms with Crippen LogP contribution in [0.5, 0.6) is 0 Å². The van der Waals surface area contributed by atoms with E-state index in [4.69, 9.17) is 5.73 Å². The number of carbonyl (C=O) groups excluding carboxylic acids is 2. The largest absolute Gasteiger partial charge is 0.398 e. The van der Waals surface area contributed by atoms with Crippen LogP contribution in [0.25, 0.3) is 0 Å². The fraction of sp³-hybridized carbons (Fsp3) is 0.143. The SMILES string of the molecule is Cn1cccc1C(=O)NC(=O)CSc1cc(Br)ccc1N. The van der Waals surface area contributed by atoms with E-state index in [1.165, 1.54) is 11.8 Å². The molecule has 1 aromatic carbocycles. The molecule has 1 aromatic heterocycles. The Morgan fingerprint density at radius 3 is 2.81 bits per heavy atom. The Balaban J connectivity index is 1.92. The molecular formula is C14H14BrN3O2S. The average molecular weight is 368 g/mol. The third-order valence-electron chi connectivity index (χ3n) is 2.76. The lowest BCUT2D eigenvalue weighted by atomic mass is 10.3. The van der Waals surface area contributed by atoms with Gasteiger partial charge in [-0.1, -0.05) is 15.9 Å². The maximum absolute atomic E-state index is 11.9. The molecule has 21 heavy (non-hydrogen) atoms. The predicted octanol–water partition coefficient (Wildman–Crippen LogP) is 2.42. The summed E-state index contributed by atoms with van der Waals surface area (Å²) in [6.07, 6.45) is 1.75. The van der Waals surface area contributed by atoms with E-state index in [2.05, 4.69) is 21.2 Å². The molecule has 1 heterocycles. The zero-order valence-electron chi connectivity index (χ0n) is 11.3. The second-order valence-corrected chi connectivity index (χ2v) is 6.29. The number of amides is 2. The zero-order chi connectivity index (χ0) is 15.4. The second-order valence-electron chi connectivity index (χ2n) is 4.35. The number of aryl methyl sites for hydroxylation is 1. The van der Waals surface area contributed by atoms with Crippen molar-refractivity contribution in [2.45, 2.75) is 4.90 Å². The lowest BCUT2D eigenvalue weighted by Gasteiger charge is -2.07. The van der Waals surface area contributed by atoms with Crippen LogP contribution >= 0.6 is 27.7 Å². The van der Waals surface area contributed by atoms with E-state index in [1.807, 2.05) is 12.1 Å². The van der Waals surface area contributed by atoms with Crippen LogP contribution in [0.3, 0.4) is 0 Å². The molecule has 3 N–H and O–H groups in total.